The summed E-state index contributed by atoms with van der Waals surface area (Å²) in [4.78, 5) is 0. The van der Waals surface area contributed by atoms with Crippen molar-refractivity contribution in [1.29, 1.82) is 0 Å². The molecule has 0 bridgehead atoms. The Kier molecular flexibility index (Phi) is 5.57. The van der Waals surface area contributed by atoms with E-state index in [9.17, 15) is 4.39 Å². The van der Waals surface area contributed by atoms with Gasteiger partial charge in [-0.15, -0.1) is 10.2 Å². The minimum atomic E-state index is -0.310. The summed E-state index contributed by atoms with van der Waals surface area (Å²) < 4.78 is 21.9. The van der Waals surface area contributed by atoms with Crippen LogP contribution in [0.2, 0.25) is 10.0 Å². The van der Waals surface area contributed by atoms with Gasteiger partial charge in [0.1, 0.15) is 18.2 Å². The lowest BCUT2D eigenvalue weighted by Gasteiger charge is -2.11. The molecule has 0 spiro atoms. The molecule has 1 aliphatic rings. The third-order valence-corrected chi connectivity index (χ3v) is 5.88. The Balaban J connectivity index is 1.50. The van der Waals surface area contributed by atoms with E-state index >= 15 is 0 Å². The summed E-state index contributed by atoms with van der Waals surface area (Å²) in [7, 11) is 0. The number of thioether (sulfide) groups is 1. The third-order valence-electron chi connectivity index (χ3n) is 4.25. The van der Waals surface area contributed by atoms with Gasteiger partial charge in [0.15, 0.2) is 11.0 Å². The summed E-state index contributed by atoms with van der Waals surface area (Å²) in [6.45, 7) is 0.272. The Morgan fingerprint density at radius 2 is 1.85 bits per heavy atom. The zero-order chi connectivity index (χ0) is 18.8. The van der Waals surface area contributed by atoms with E-state index in [4.69, 9.17) is 27.9 Å². The number of ether oxygens (including phenoxy) is 1. The number of nitrogens with zero attached hydrogens (tertiary/aromatic N) is 3. The minimum absolute atomic E-state index is 0.272. The Morgan fingerprint density at radius 1 is 1.07 bits per heavy atom. The SMILES string of the molecule is Fc1cccc(Cl)c1CSc1nnc(COc2ccccc2Cl)n1C1CC1. The fourth-order valence-corrected chi connectivity index (χ4v) is 4.27. The molecule has 0 N–H and O–H groups in total. The molecule has 1 fully saturated rings. The molecule has 1 aliphatic carbocycles. The molecule has 0 unspecified atom stereocenters. The highest BCUT2D eigenvalue weighted by Crippen LogP contribution is 2.40. The van der Waals surface area contributed by atoms with Crippen molar-refractivity contribution in [2.24, 2.45) is 0 Å². The molecule has 27 heavy (non-hydrogen) atoms. The van der Waals surface area contributed by atoms with Crippen LogP contribution in [-0.2, 0) is 12.4 Å². The molecule has 0 aliphatic heterocycles. The summed E-state index contributed by atoms with van der Waals surface area (Å²) >= 11 is 13.7. The average molecular weight is 424 g/mol. The van der Waals surface area contributed by atoms with Gasteiger partial charge in [0.2, 0.25) is 0 Å². The second kappa shape index (κ2) is 8.09. The van der Waals surface area contributed by atoms with Crippen LogP contribution in [0.25, 0.3) is 0 Å². The minimum Gasteiger partial charge on any atom is -0.484 e. The molecule has 3 aromatic rings. The van der Waals surface area contributed by atoms with Crippen molar-refractivity contribution in [3.8, 4) is 5.75 Å². The summed E-state index contributed by atoms with van der Waals surface area (Å²) in [5.41, 5.74) is 0.475. The zero-order valence-electron chi connectivity index (χ0n) is 14.2. The highest BCUT2D eigenvalue weighted by Gasteiger charge is 2.30. The van der Waals surface area contributed by atoms with Crippen LogP contribution in [0.4, 0.5) is 4.39 Å². The fraction of sp³-hybridized carbons (Fsp3) is 0.263. The smallest absolute Gasteiger partial charge is 0.191 e. The number of aromatic nitrogens is 3. The molecular formula is C19H16Cl2FN3OS. The van der Waals surface area contributed by atoms with Crippen molar-refractivity contribution in [1.82, 2.24) is 14.8 Å². The van der Waals surface area contributed by atoms with Crippen LogP contribution in [0.1, 0.15) is 30.3 Å². The molecule has 0 radical (unpaired) electrons. The van der Waals surface area contributed by atoms with Gasteiger partial charge >= 0.3 is 0 Å². The lowest BCUT2D eigenvalue weighted by atomic mass is 10.2. The summed E-state index contributed by atoms with van der Waals surface area (Å²) in [6, 6.07) is 12.4. The Morgan fingerprint density at radius 3 is 2.59 bits per heavy atom. The molecule has 140 valence electrons. The first-order valence-electron chi connectivity index (χ1n) is 8.50. The zero-order valence-corrected chi connectivity index (χ0v) is 16.6. The molecule has 1 heterocycles. The summed E-state index contributed by atoms with van der Waals surface area (Å²) in [6.07, 6.45) is 2.15. The van der Waals surface area contributed by atoms with E-state index in [1.165, 1.54) is 17.8 Å². The summed E-state index contributed by atoms with van der Waals surface area (Å²) in [5.74, 6) is 1.42. The van der Waals surface area contributed by atoms with E-state index in [0.29, 0.717) is 33.2 Å². The van der Waals surface area contributed by atoms with Gasteiger partial charge in [-0.2, -0.15) is 0 Å². The van der Waals surface area contributed by atoms with Crippen LogP contribution >= 0.6 is 35.0 Å². The monoisotopic (exact) mass is 423 g/mol. The number of halogens is 3. The largest absolute Gasteiger partial charge is 0.484 e. The highest BCUT2D eigenvalue weighted by molar-refractivity contribution is 7.98. The molecule has 4 rings (SSSR count). The van der Waals surface area contributed by atoms with Crippen LogP contribution in [-0.4, -0.2) is 14.8 Å². The van der Waals surface area contributed by atoms with Crippen molar-refractivity contribution in [2.45, 2.75) is 36.4 Å². The number of hydrogen-bond acceptors (Lipinski definition) is 4. The molecule has 8 heteroatoms. The molecule has 0 amide bonds. The first-order valence-corrected chi connectivity index (χ1v) is 10.2. The van der Waals surface area contributed by atoms with E-state index < -0.39 is 0 Å². The van der Waals surface area contributed by atoms with Gasteiger partial charge in [-0.3, -0.25) is 4.57 Å². The van der Waals surface area contributed by atoms with Crippen molar-refractivity contribution >= 4 is 35.0 Å². The maximum absolute atomic E-state index is 14.0. The van der Waals surface area contributed by atoms with Gasteiger partial charge in [-0.05, 0) is 37.1 Å². The van der Waals surface area contributed by atoms with Gasteiger partial charge in [-0.1, -0.05) is 53.2 Å². The van der Waals surface area contributed by atoms with E-state index in [0.717, 1.165) is 23.8 Å². The lowest BCUT2D eigenvalue weighted by molar-refractivity contribution is 0.288. The van der Waals surface area contributed by atoms with E-state index in [2.05, 4.69) is 14.8 Å². The average Bonchev–Trinajstić information content (AvgIpc) is 3.41. The van der Waals surface area contributed by atoms with Gasteiger partial charge in [0.05, 0.1) is 5.02 Å². The van der Waals surface area contributed by atoms with Gasteiger partial charge < -0.3 is 4.74 Å². The van der Waals surface area contributed by atoms with Crippen molar-refractivity contribution in [3.05, 3.63) is 69.7 Å². The maximum Gasteiger partial charge on any atom is 0.191 e. The summed E-state index contributed by atoms with van der Waals surface area (Å²) in [5, 5.41) is 10.3. The van der Waals surface area contributed by atoms with E-state index in [1.807, 2.05) is 18.2 Å². The van der Waals surface area contributed by atoms with E-state index in [1.54, 1.807) is 18.2 Å². The number of benzene rings is 2. The standard InChI is InChI=1S/C19H16Cl2FN3OS/c20-14-5-3-6-16(22)13(14)11-27-19-24-23-18(25(19)12-8-9-12)10-26-17-7-2-1-4-15(17)21/h1-7,12H,8-11H2. The van der Waals surface area contributed by atoms with Crippen molar-refractivity contribution < 1.29 is 9.13 Å². The third kappa shape index (κ3) is 4.23. The molecule has 1 aromatic heterocycles. The quantitative estimate of drug-likeness (QED) is 0.441. The predicted octanol–water partition coefficient (Wildman–Crippen LogP) is 5.93. The normalized spacial score (nSPS) is 13.7. The molecule has 0 atom stereocenters. The molecule has 2 aromatic carbocycles. The maximum atomic E-state index is 14.0. The molecule has 4 nitrogen and oxygen atoms in total. The topological polar surface area (TPSA) is 39.9 Å². The fourth-order valence-electron chi connectivity index (χ4n) is 2.71. The first kappa shape index (κ1) is 18.6. The lowest BCUT2D eigenvalue weighted by Crippen LogP contribution is -2.07. The van der Waals surface area contributed by atoms with Crippen LogP contribution in [0, 0.1) is 5.82 Å². The molecular weight excluding hydrogens is 408 g/mol. The Labute approximate surface area is 170 Å². The van der Waals surface area contributed by atoms with Gasteiger partial charge in [0, 0.05) is 22.4 Å². The van der Waals surface area contributed by atoms with Crippen LogP contribution in [0.3, 0.4) is 0 Å². The predicted molar refractivity (Wildman–Crippen MR) is 105 cm³/mol. The number of rotatable bonds is 7. The molecule has 1 saturated carbocycles. The van der Waals surface area contributed by atoms with Crippen LogP contribution in [0.15, 0.2) is 47.6 Å². The second-order valence-corrected chi connectivity index (χ2v) is 7.96. The van der Waals surface area contributed by atoms with Crippen LogP contribution in [0.5, 0.6) is 5.75 Å². The van der Waals surface area contributed by atoms with E-state index in [-0.39, 0.29) is 12.4 Å². The highest BCUT2D eigenvalue weighted by atomic mass is 35.5. The molecule has 0 saturated heterocycles. The second-order valence-electron chi connectivity index (χ2n) is 6.21. The number of para-hydroxylation sites is 1. The Hall–Kier alpha value is -1.76. The Bertz CT molecular complexity index is 942. The van der Waals surface area contributed by atoms with Gasteiger partial charge in [-0.25, -0.2) is 4.39 Å². The first-order chi connectivity index (χ1) is 13.1. The van der Waals surface area contributed by atoms with Crippen molar-refractivity contribution in [2.75, 3.05) is 0 Å². The van der Waals surface area contributed by atoms with Crippen LogP contribution < -0.4 is 4.74 Å². The van der Waals surface area contributed by atoms with Crippen molar-refractivity contribution in [3.63, 3.8) is 0 Å². The van der Waals surface area contributed by atoms with Gasteiger partial charge in [0.25, 0.3) is 0 Å². The number of hydrogen-bond donors (Lipinski definition) is 0.